The maximum atomic E-state index is 13.0. The summed E-state index contributed by atoms with van der Waals surface area (Å²) in [5, 5.41) is 9.95. The highest BCUT2D eigenvalue weighted by Crippen LogP contribution is 2.24. The van der Waals surface area contributed by atoms with Crippen LogP contribution in [0, 0.1) is 0 Å². The quantitative estimate of drug-likeness (QED) is 0.556. The van der Waals surface area contributed by atoms with Crippen LogP contribution in [0.4, 0.5) is 0 Å². The van der Waals surface area contributed by atoms with E-state index >= 15 is 0 Å². The molecular formula is C23H17NO4. The first-order valence-corrected chi connectivity index (χ1v) is 8.78. The molecule has 0 saturated carbocycles. The molecule has 5 heteroatoms. The summed E-state index contributed by atoms with van der Waals surface area (Å²) >= 11 is 0. The summed E-state index contributed by atoms with van der Waals surface area (Å²) in [6.45, 7) is 0.397. The average molecular weight is 371 g/mol. The van der Waals surface area contributed by atoms with Crippen LogP contribution in [0.1, 0.15) is 26.3 Å². The molecule has 0 amide bonds. The van der Waals surface area contributed by atoms with Gasteiger partial charge in [-0.1, -0.05) is 54.6 Å². The smallest absolute Gasteiger partial charge is 0.337 e. The average Bonchev–Trinajstić information content (AvgIpc) is 3.13. The normalized spacial score (nSPS) is 10.7. The van der Waals surface area contributed by atoms with E-state index < -0.39 is 5.97 Å². The van der Waals surface area contributed by atoms with Crippen molar-refractivity contribution in [1.82, 2.24) is 4.57 Å². The molecule has 0 radical (unpaired) electrons. The fraction of sp³-hybridized carbons (Fsp3) is 0.0435. The molecular weight excluding hydrogens is 354 g/mol. The van der Waals surface area contributed by atoms with Crippen molar-refractivity contribution < 1.29 is 19.4 Å². The molecule has 0 spiro atoms. The van der Waals surface area contributed by atoms with Crippen LogP contribution >= 0.6 is 0 Å². The monoisotopic (exact) mass is 371 g/mol. The summed E-state index contributed by atoms with van der Waals surface area (Å²) in [6, 6.07) is 23.6. The Bertz CT molecular complexity index is 1160. The first kappa shape index (κ1) is 17.5. The minimum atomic E-state index is -1.07. The van der Waals surface area contributed by atoms with Crippen molar-refractivity contribution in [1.29, 1.82) is 0 Å². The van der Waals surface area contributed by atoms with E-state index in [0.29, 0.717) is 28.8 Å². The molecule has 5 nitrogen and oxygen atoms in total. The van der Waals surface area contributed by atoms with Gasteiger partial charge < -0.3 is 9.84 Å². The van der Waals surface area contributed by atoms with Crippen molar-refractivity contribution >= 4 is 22.8 Å². The van der Waals surface area contributed by atoms with Gasteiger partial charge in [0.1, 0.15) is 12.4 Å². The number of aromatic nitrogens is 1. The van der Waals surface area contributed by atoms with Crippen molar-refractivity contribution in [3.8, 4) is 5.75 Å². The molecule has 0 fully saturated rings. The number of carbonyl (C=O) groups is 2. The molecule has 1 aromatic heterocycles. The lowest BCUT2D eigenvalue weighted by Gasteiger charge is -2.09. The third-order valence-electron chi connectivity index (χ3n) is 4.49. The molecule has 28 heavy (non-hydrogen) atoms. The first-order valence-electron chi connectivity index (χ1n) is 8.78. The number of benzene rings is 3. The van der Waals surface area contributed by atoms with Crippen molar-refractivity contribution in [2.24, 2.45) is 0 Å². The Hall–Kier alpha value is -3.86. The maximum absolute atomic E-state index is 13.0. The lowest BCUT2D eigenvalue weighted by Crippen LogP contribution is -2.11. The summed E-state index contributed by atoms with van der Waals surface area (Å²) in [7, 11) is 0. The standard InChI is InChI=1S/C23H17NO4/c25-22(24-14-20(23(26)27)19-11-4-5-12-21(19)24)17-9-6-10-18(13-17)28-15-16-7-2-1-3-8-16/h1-14H,15H2,(H,26,27). The van der Waals surface area contributed by atoms with Gasteiger partial charge in [0.2, 0.25) is 0 Å². The van der Waals surface area contributed by atoms with Gasteiger partial charge in [0.25, 0.3) is 5.91 Å². The summed E-state index contributed by atoms with van der Waals surface area (Å²) < 4.78 is 7.16. The fourth-order valence-corrected chi connectivity index (χ4v) is 3.12. The van der Waals surface area contributed by atoms with E-state index in [1.807, 2.05) is 30.3 Å². The van der Waals surface area contributed by atoms with Gasteiger partial charge in [0.05, 0.1) is 11.1 Å². The van der Waals surface area contributed by atoms with E-state index in [1.54, 1.807) is 48.5 Å². The van der Waals surface area contributed by atoms with E-state index in [9.17, 15) is 14.7 Å². The topological polar surface area (TPSA) is 68.5 Å². The number of para-hydroxylation sites is 1. The first-order chi connectivity index (χ1) is 13.6. The molecule has 0 aliphatic heterocycles. The zero-order chi connectivity index (χ0) is 19.5. The predicted molar refractivity (Wildman–Crippen MR) is 106 cm³/mol. The Morgan fingerprint density at radius 1 is 0.893 bits per heavy atom. The van der Waals surface area contributed by atoms with Crippen LogP contribution in [0.5, 0.6) is 5.75 Å². The third-order valence-corrected chi connectivity index (χ3v) is 4.49. The zero-order valence-electron chi connectivity index (χ0n) is 14.9. The van der Waals surface area contributed by atoms with E-state index in [-0.39, 0.29) is 11.5 Å². The number of carboxylic acid groups (broad SMARTS) is 1. The Kier molecular flexibility index (Phi) is 4.64. The number of ether oxygens (including phenoxy) is 1. The lowest BCUT2D eigenvalue weighted by atomic mass is 10.2. The fourth-order valence-electron chi connectivity index (χ4n) is 3.12. The molecule has 0 unspecified atom stereocenters. The minimum absolute atomic E-state index is 0.0976. The molecule has 0 saturated heterocycles. The third kappa shape index (κ3) is 3.38. The number of hydrogen-bond acceptors (Lipinski definition) is 3. The molecule has 0 bridgehead atoms. The molecule has 1 N–H and O–H groups in total. The summed E-state index contributed by atoms with van der Waals surface area (Å²) in [5.41, 5.74) is 2.10. The second-order valence-corrected chi connectivity index (χ2v) is 6.34. The van der Waals surface area contributed by atoms with Gasteiger partial charge in [-0.15, -0.1) is 0 Å². The Morgan fingerprint density at radius 2 is 1.64 bits per heavy atom. The second kappa shape index (κ2) is 7.40. The Balaban J connectivity index is 1.64. The summed E-state index contributed by atoms with van der Waals surface area (Å²) in [4.78, 5) is 24.6. The van der Waals surface area contributed by atoms with Crippen LogP contribution < -0.4 is 4.74 Å². The molecule has 0 aliphatic rings. The number of nitrogens with zero attached hydrogens (tertiary/aromatic N) is 1. The Morgan fingerprint density at radius 3 is 2.43 bits per heavy atom. The highest BCUT2D eigenvalue weighted by molar-refractivity contribution is 6.09. The molecule has 0 atom stereocenters. The zero-order valence-corrected chi connectivity index (χ0v) is 14.9. The molecule has 0 aliphatic carbocycles. The Labute approximate surface area is 161 Å². The van der Waals surface area contributed by atoms with Gasteiger partial charge in [-0.25, -0.2) is 4.79 Å². The number of carbonyl (C=O) groups excluding carboxylic acids is 1. The number of carboxylic acids is 1. The van der Waals surface area contributed by atoms with Gasteiger partial charge in [-0.05, 0) is 29.8 Å². The van der Waals surface area contributed by atoms with E-state index in [0.717, 1.165) is 5.56 Å². The van der Waals surface area contributed by atoms with Gasteiger partial charge in [-0.2, -0.15) is 0 Å². The van der Waals surface area contributed by atoms with Crippen molar-refractivity contribution in [2.75, 3.05) is 0 Å². The number of aromatic carboxylic acids is 1. The maximum Gasteiger partial charge on any atom is 0.337 e. The van der Waals surface area contributed by atoms with Crippen LogP contribution in [0.25, 0.3) is 10.9 Å². The minimum Gasteiger partial charge on any atom is -0.489 e. The van der Waals surface area contributed by atoms with Gasteiger partial charge >= 0.3 is 5.97 Å². The lowest BCUT2D eigenvalue weighted by molar-refractivity contribution is 0.0699. The van der Waals surface area contributed by atoms with E-state index in [4.69, 9.17) is 4.74 Å². The van der Waals surface area contributed by atoms with Crippen LogP contribution in [0.2, 0.25) is 0 Å². The highest BCUT2D eigenvalue weighted by Gasteiger charge is 2.18. The van der Waals surface area contributed by atoms with E-state index in [2.05, 4.69) is 0 Å². The number of hydrogen-bond donors (Lipinski definition) is 1. The largest absolute Gasteiger partial charge is 0.489 e. The van der Waals surface area contributed by atoms with Crippen LogP contribution in [-0.2, 0) is 6.61 Å². The van der Waals surface area contributed by atoms with Gasteiger partial charge in [0, 0.05) is 17.1 Å². The van der Waals surface area contributed by atoms with Crippen LogP contribution in [-0.4, -0.2) is 21.6 Å². The SMILES string of the molecule is O=C(O)c1cn(C(=O)c2cccc(OCc3ccccc3)c2)c2ccccc12. The molecule has 138 valence electrons. The highest BCUT2D eigenvalue weighted by atomic mass is 16.5. The molecule has 1 heterocycles. The molecule has 4 rings (SSSR count). The summed E-state index contributed by atoms with van der Waals surface area (Å²) in [5.74, 6) is -0.804. The van der Waals surface area contributed by atoms with Crippen molar-refractivity contribution in [3.63, 3.8) is 0 Å². The van der Waals surface area contributed by atoms with Crippen LogP contribution in [0.15, 0.2) is 85.1 Å². The van der Waals surface area contributed by atoms with Gasteiger partial charge in [0.15, 0.2) is 0 Å². The van der Waals surface area contributed by atoms with Gasteiger partial charge in [-0.3, -0.25) is 9.36 Å². The number of fused-ring (bicyclic) bond motifs is 1. The number of rotatable bonds is 5. The van der Waals surface area contributed by atoms with Crippen molar-refractivity contribution in [3.05, 3.63) is 102 Å². The van der Waals surface area contributed by atoms with Crippen LogP contribution in [0.3, 0.4) is 0 Å². The van der Waals surface area contributed by atoms with E-state index in [1.165, 1.54) is 10.8 Å². The summed E-state index contributed by atoms with van der Waals surface area (Å²) in [6.07, 6.45) is 1.37. The second-order valence-electron chi connectivity index (χ2n) is 6.34. The molecule has 4 aromatic rings. The molecule has 3 aromatic carbocycles. The predicted octanol–water partition coefficient (Wildman–Crippen LogP) is 4.61. The van der Waals surface area contributed by atoms with Crippen molar-refractivity contribution in [2.45, 2.75) is 6.61 Å².